The number of carbonyl (C=O) groups is 2. The number of ether oxygens (including phenoxy) is 2. The molecule has 7 nitrogen and oxygen atoms in total. The molecule has 3 aromatic rings. The number of carboxylic acid groups (broad SMARTS) is 1. The minimum absolute atomic E-state index is 0.0667. The maximum Gasteiger partial charge on any atom is 0.335 e. The number of aryl methyl sites for hydroxylation is 1. The van der Waals surface area contributed by atoms with Crippen molar-refractivity contribution in [3.8, 4) is 11.5 Å². The van der Waals surface area contributed by atoms with E-state index < -0.39 is 23.9 Å². The highest BCUT2D eigenvalue weighted by Gasteiger charge is 2.29. The molecule has 7 heteroatoms. The number of amides is 1. The highest BCUT2D eigenvalue weighted by atomic mass is 16.5. The quantitative estimate of drug-likeness (QED) is 0.358. The number of nitrogens with one attached hydrogen (secondary N) is 1. The minimum atomic E-state index is -1.13. The first-order valence-corrected chi connectivity index (χ1v) is 11.4. The summed E-state index contributed by atoms with van der Waals surface area (Å²) in [5.41, 5.74) is 2.87. The average Bonchev–Trinajstić information content (AvgIpc) is 2.87. The van der Waals surface area contributed by atoms with E-state index in [1.807, 2.05) is 37.3 Å². The highest BCUT2D eigenvalue weighted by molar-refractivity contribution is 5.95. The predicted octanol–water partition coefficient (Wildman–Crippen LogP) is 5.02. The summed E-state index contributed by atoms with van der Waals surface area (Å²) in [5, 5.41) is 23.4. The van der Waals surface area contributed by atoms with Gasteiger partial charge in [0.1, 0.15) is 11.5 Å². The van der Waals surface area contributed by atoms with Crippen LogP contribution < -0.4 is 14.8 Å². The van der Waals surface area contributed by atoms with E-state index in [-0.39, 0.29) is 5.56 Å². The van der Waals surface area contributed by atoms with Crippen LogP contribution in [0, 0.1) is 12.8 Å². The normalized spacial score (nSPS) is 12.5. The average molecular weight is 478 g/mol. The first-order valence-electron chi connectivity index (χ1n) is 11.4. The standard InChI is InChI=1S/C28H31NO6/c1-18-24(34-2)16-21(17-25(18)35-3)26(30)23(14-7-11-19-9-5-4-6-10-19)27(31)29-22-13-8-12-20(15-22)28(32)33/h4-6,8-10,12-13,15-17,23,26,30H,7,11,14H2,1-3H3,(H,29,31)(H,32,33)/t23-,26-/m1/s1. The fourth-order valence-electron chi connectivity index (χ4n) is 4.08. The summed E-state index contributed by atoms with van der Waals surface area (Å²) in [7, 11) is 3.08. The van der Waals surface area contributed by atoms with Gasteiger partial charge >= 0.3 is 5.97 Å². The highest BCUT2D eigenvalue weighted by Crippen LogP contribution is 2.36. The monoisotopic (exact) mass is 477 g/mol. The molecule has 184 valence electrons. The topological polar surface area (TPSA) is 105 Å². The molecule has 0 aliphatic rings. The lowest BCUT2D eigenvalue weighted by Gasteiger charge is -2.24. The van der Waals surface area contributed by atoms with Gasteiger partial charge in [0.15, 0.2) is 0 Å². The maximum absolute atomic E-state index is 13.3. The number of aliphatic hydroxyl groups is 1. The maximum atomic E-state index is 13.3. The van der Waals surface area contributed by atoms with Crippen molar-refractivity contribution < 1.29 is 29.3 Å². The third-order valence-electron chi connectivity index (χ3n) is 6.03. The van der Waals surface area contributed by atoms with Gasteiger partial charge in [-0.25, -0.2) is 4.79 Å². The van der Waals surface area contributed by atoms with E-state index in [4.69, 9.17) is 9.47 Å². The zero-order valence-corrected chi connectivity index (χ0v) is 20.2. The molecule has 35 heavy (non-hydrogen) atoms. The van der Waals surface area contributed by atoms with Gasteiger partial charge in [-0.15, -0.1) is 0 Å². The number of carbonyl (C=O) groups excluding carboxylic acids is 1. The summed E-state index contributed by atoms with van der Waals surface area (Å²) in [6, 6.07) is 19.4. The molecule has 0 fully saturated rings. The largest absolute Gasteiger partial charge is 0.496 e. The number of rotatable bonds is 11. The zero-order chi connectivity index (χ0) is 25.4. The molecule has 0 saturated carbocycles. The third-order valence-corrected chi connectivity index (χ3v) is 6.03. The van der Waals surface area contributed by atoms with Crippen molar-refractivity contribution in [2.75, 3.05) is 19.5 Å². The van der Waals surface area contributed by atoms with Crippen LogP contribution in [0.3, 0.4) is 0 Å². The van der Waals surface area contributed by atoms with Gasteiger partial charge in [0, 0.05) is 11.3 Å². The van der Waals surface area contributed by atoms with Crippen LogP contribution in [-0.2, 0) is 11.2 Å². The Balaban J connectivity index is 1.87. The molecule has 3 rings (SSSR count). The van der Waals surface area contributed by atoms with Crippen LogP contribution in [0.5, 0.6) is 11.5 Å². The Morgan fingerprint density at radius 2 is 1.60 bits per heavy atom. The van der Waals surface area contributed by atoms with Crippen molar-refractivity contribution in [1.82, 2.24) is 0 Å². The Morgan fingerprint density at radius 1 is 0.943 bits per heavy atom. The van der Waals surface area contributed by atoms with Crippen LogP contribution in [0.15, 0.2) is 66.7 Å². The SMILES string of the molecule is COc1cc([C@@H](O)[C@@H](CCCc2ccccc2)C(=O)Nc2cccc(C(=O)O)c2)cc(OC)c1C. The van der Waals surface area contributed by atoms with Gasteiger partial charge in [0.2, 0.25) is 5.91 Å². The second-order valence-corrected chi connectivity index (χ2v) is 8.35. The molecule has 0 aliphatic carbocycles. The van der Waals surface area contributed by atoms with E-state index in [1.165, 1.54) is 26.4 Å². The Bertz CT molecular complexity index is 1140. The molecule has 0 bridgehead atoms. The molecule has 1 amide bonds. The van der Waals surface area contributed by atoms with Gasteiger partial charge in [0.05, 0.1) is 31.8 Å². The van der Waals surface area contributed by atoms with E-state index in [2.05, 4.69) is 5.32 Å². The lowest BCUT2D eigenvalue weighted by molar-refractivity contribution is -0.123. The van der Waals surface area contributed by atoms with E-state index in [0.717, 1.165) is 17.5 Å². The van der Waals surface area contributed by atoms with Crippen molar-refractivity contribution in [3.63, 3.8) is 0 Å². The van der Waals surface area contributed by atoms with Crippen molar-refractivity contribution in [3.05, 3.63) is 89.0 Å². The first kappa shape index (κ1) is 25.8. The summed E-state index contributed by atoms with van der Waals surface area (Å²) >= 11 is 0. The Kier molecular flexibility index (Phi) is 8.86. The molecule has 3 N–H and O–H groups in total. The van der Waals surface area contributed by atoms with Gasteiger partial charge in [-0.05, 0) is 67.6 Å². The number of carboxylic acids is 1. The number of anilines is 1. The van der Waals surface area contributed by atoms with E-state index in [1.54, 1.807) is 24.3 Å². The van der Waals surface area contributed by atoms with E-state index in [0.29, 0.717) is 35.6 Å². The van der Waals surface area contributed by atoms with Gasteiger partial charge in [-0.1, -0.05) is 36.4 Å². The molecule has 0 radical (unpaired) electrons. The Morgan fingerprint density at radius 3 is 2.20 bits per heavy atom. The lowest BCUT2D eigenvalue weighted by atomic mass is 9.88. The number of aliphatic hydroxyl groups excluding tert-OH is 1. The van der Waals surface area contributed by atoms with Crippen molar-refractivity contribution in [2.24, 2.45) is 5.92 Å². The van der Waals surface area contributed by atoms with E-state index >= 15 is 0 Å². The summed E-state index contributed by atoms with van der Waals surface area (Å²) in [6.07, 6.45) is 0.719. The van der Waals surface area contributed by atoms with Crippen molar-refractivity contribution >= 4 is 17.6 Å². The second-order valence-electron chi connectivity index (χ2n) is 8.35. The Hall–Kier alpha value is -3.84. The van der Waals surface area contributed by atoms with Gasteiger partial charge in [0.25, 0.3) is 0 Å². The van der Waals surface area contributed by atoms with Crippen LogP contribution in [0.2, 0.25) is 0 Å². The molecule has 3 aromatic carbocycles. The Labute approximate surface area is 205 Å². The van der Waals surface area contributed by atoms with Crippen LogP contribution >= 0.6 is 0 Å². The zero-order valence-electron chi connectivity index (χ0n) is 20.2. The van der Waals surface area contributed by atoms with Gasteiger partial charge in [-0.2, -0.15) is 0 Å². The summed E-state index contributed by atoms with van der Waals surface area (Å²) in [5.74, 6) is -1.16. The first-order chi connectivity index (χ1) is 16.8. The molecule has 0 saturated heterocycles. The summed E-state index contributed by atoms with van der Waals surface area (Å²) in [4.78, 5) is 24.7. The molecule has 0 spiro atoms. The van der Waals surface area contributed by atoms with Crippen LogP contribution in [0.4, 0.5) is 5.69 Å². The fraction of sp³-hybridized carbons (Fsp3) is 0.286. The third kappa shape index (κ3) is 6.61. The van der Waals surface area contributed by atoms with Crippen molar-refractivity contribution in [1.29, 1.82) is 0 Å². The molecule has 2 atom stereocenters. The predicted molar refractivity (Wildman–Crippen MR) is 134 cm³/mol. The minimum Gasteiger partial charge on any atom is -0.496 e. The molecular formula is C28H31NO6. The molecule has 0 aliphatic heterocycles. The van der Waals surface area contributed by atoms with Gasteiger partial charge < -0.3 is 25.0 Å². The molecule has 0 heterocycles. The number of hydrogen-bond acceptors (Lipinski definition) is 5. The second kappa shape index (κ2) is 12.0. The van der Waals surface area contributed by atoms with E-state index in [9.17, 15) is 19.8 Å². The smallest absolute Gasteiger partial charge is 0.335 e. The number of methoxy groups -OCH3 is 2. The summed E-state index contributed by atoms with van der Waals surface area (Å²) < 4.78 is 10.9. The molecule has 0 aromatic heterocycles. The number of benzene rings is 3. The molecule has 0 unspecified atom stereocenters. The summed E-state index contributed by atoms with van der Waals surface area (Å²) in [6.45, 7) is 1.85. The van der Waals surface area contributed by atoms with Crippen LogP contribution in [-0.4, -0.2) is 36.3 Å². The fourth-order valence-corrected chi connectivity index (χ4v) is 4.08. The van der Waals surface area contributed by atoms with Crippen molar-refractivity contribution in [2.45, 2.75) is 32.3 Å². The van der Waals surface area contributed by atoms with Gasteiger partial charge in [-0.3, -0.25) is 4.79 Å². The number of hydrogen-bond donors (Lipinski definition) is 3. The van der Waals surface area contributed by atoms with Crippen LogP contribution in [0.1, 0.15) is 46.0 Å². The van der Waals surface area contributed by atoms with Crippen LogP contribution in [0.25, 0.3) is 0 Å². The molecular weight excluding hydrogens is 446 g/mol. The lowest BCUT2D eigenvalue weighted by Crippen LogP contribution is -2.28. The number of aromatic carboxylic acids is 1.